The third-order valence-corrected chi connectivity index (χ3v) is 6.03. The topological polar surface area (TPSA) is 0 Å². The molecule has 3 rings (SSSR count). The maximum absolute atomic E-state index is 2.39. The van der Waals surface area contributed by atoms with Gasteiger partial charge in [-0.1, -0.05) is 104 Å². The van der Waals surface area contributed by atoms with Crippen LogP contribution in [0.3, 0.4) is 0 Å². The van der Waals surface area contributed by atoms with Gasteiger partial charge in [-0.05, 0) is 37.3 Å². The Morgan fingerprint density at radius 3 is 1.44 bits per heavy atom. The summed E-state index contributed by atoms with van der Waals surface area (Å²) >= 11 is 0. The van der Waals surface area contributed by atoms with Gasteiger partial charge in [-0.3, -0.25) is 0 Å². The van der Waals surface area contributed by atoms with Crippen molar-refractivity contribution in [3.8, 4) is 0 Å². The molecule has 0 fully saturated rings. The Morgan fingerprint density at radius 1 is 0.680 bits per heavy atom. The van der Waals surface area contributed by atoms with Crippen LogP contribution in [0.5, 0.6) is 0 Å². The van der Waals surface area contributed by atoms with Gasteiger partial charge in [0, 0.05) is 11.3 Å². The van der Waals surface area contributed by atoms with Gasteiger partial charge < -0.3 is 0 Å². The van der Waals surface area contributed by atoms with Crippen molar-refractivity contribution in [2.24, 2.45) is 11.3 Å². The van der Waals surface area contributed by atoms with E-state index >= 15 is 0 Å². The lowest BCUT2D eigenvalue weighted by Gasteiger charge is -2.51. The highest BCUT2D eigenvalue weighted by Crippen LogP contribution is 2.57. The van der Waals surface area contributed by atoms with Gasteiger partial charge in [0.05, 0.1) is 0 Å². The first kappa shape index (κ1) is 17.7. The average molecular weight is 331 g/mol. The van der Waals surface area contributed by atoms with Gasteiger partial charge in [0.25, 0.3) is 0 Å². The fourth-order valence-corrected chi connectivity index (χ4v) is 4.98. The van der Waals surface area contributed by atoms with Crippen LogP contribution in [0.15, 0.2) is 83.5 Å². The molecule has 1 aliphatic rings. The Kier molecular flexibility index (Phi) is 4.49. The van der Waals surface area contributed by atoms with Gasteiger partial charge in [0.15, 0.2) is 0 Å². The maximum atomic E-state index is 2.39. The first-order valence-electron chi connectivity index (χ1n) is 9.26. The van der Waals surface area contributed by atoms with Crippen molar-refractivity contribution in [3.63, 3.8) is 0 Å². The summed E-state index contributed by atoms with van der Waals surface area (Å²) < 4.78 is 0. The van der Waals surface area contributed by atoms with E-state index in [-0.39, 0.29) is 10.8 Å². The van der Waals surface area contributed by atoms with Crippen LogP contribution in [-0.4, -0.2) is 0 Å². The minimum atomic E-state index is -0.0993. The van der Waals surface area contributed by atoms with Crippen molar-refractivity contribution in [2.75, 3.05) is 0 Å². The Balaban J connectivity index is 2.42. The first-order chi connectivity index (χ1) is 11.8. The predicted octanol–water partition coefficient (Wildman–Crippen LogP) is 6.93. The third-order valence-electron chi connectivity index (χ3n) is 6.03. The van der Waals surface area contributed by atoms with Gasteiger partial charge in [-0.25, -0.2) is 0 Å². The van der Waals surface area contributed by atoms with Crippen LogP contribution in [-0.2, 0) is 5.41 Å². The van der Waals surface area contributed by atoms with Gasteiger partial charge in [-0.2, -0.15) is 0 Å². The zero-order valence-electron chi connectivity index (χ0n) is 16.4. The number of hydrogen-bond acceptors (Lipinski definition) is 0. The van der Waals surface area contributed by atoms with Crippen LogP contribution in [0.4, 0.5) is 0 Å². The molecule has 0 bridgehead atoms. The molecular formula is C25H30. The monoisotopic (exact) mass is 330 g/mol. The second-order valence-corrected chi connectivity index (χ2v) is 8.48. The zero-order chi connectivity index (χ0) is 18.2. The molecule has 1 aliphatic carbocycles. The number of allylic oxidation sites excluding steroid dienone is 4. The van der Waals surface area contributed by atoms with Crippen molar-refractivity contribution in [1.82, 2.24) is 0 Å². The minimum Gasteiger partial charge on any atom is -0.0646 e. The second kappa shape index (κ2) is 6.33. The molecule has 0 heteroatoms. The summed E-state index contributed by atoms with van der Waals surface area (Å²) in [4.78, 5) is 0. The Labute approximate surface area is 153 Å². The van der Waals surface area contributed by atoms with E-state index in [4.69, 9.17) is 0 Å². The summed E-state index contributed by atoms with van der Waals surface area (Å²) in [5.41, 5.74) is 7.15. The van der Waals surface area contributed by atoms with Gasteiger partial charge in [0.1, 0.15) is 0 Å². The molecule has 25 heavy (non-hydrogen) atoms. The normalized spacial score (nSPS) is 18.5. The van der Waals surface area contributed by atoms with Crippen molar-refractivity contribution in [3.05, 3.63) is 94.6 Å². The van der Waals surface area contributed by atoms with Crippen LogP contribution >= 0.6 is 0 Å². The third kappa shape index (κ3) is 2.68. The van der Waals surface area contributed by atoms with E-state index in [1.165, 1.54) is 27.8 Å². The van der Waals surface area contributed by atoms with Crippen LogP contribution < -0.4 is 0 Å². The molecule has 1 unspecified atom stereocenters. The van der Waals surface area contributed by atoms with Crippen molar-refractivity contribution >= 4 is 0 Å². The molecule has 0 aliphatic heterocycles. The van der Waals surface area contributed by atoms with Crippen LogP contribution in [0.2, 0.25) is 0 Å². The summed E-state index contributed by atoms with van der Waals surface area (Å²) in [6.07, 6.45) is 2.38. The average Bonchev–Trinajstić information content (AvgIpc) is 2.83. The largest absolute Gasteiger partial charge is 0.0646 e. The Hall–Kier alpha value is -2.08. The lowest BCUT2D eigenvalue weighted by Crippen LogP contribution is -2.48. The van der Waals surface area contributed by atoms with E-state index in [9.17, 15) is 0 Å². The molecule has 2 aromatic carbocycles. The van der Waals surface area contributed by atoms with E-state index in [1.54, 1.807) is 0 Å². The first-order valence-corrected chi connectivity index (χ1v) is 9.26. The van der Waals surface area contributed by atoms with Crippen molar-refractivity contribution in [2.45, 2.75) is 47.0 Å². The van der Waals surface area contributed by atoms with E-state index in [1.807, 2.05) is 0 Å². The Bertz CT molecular complexity index is 759. The van der Waals surface area contributed by atoms with Gasteiger partial charge >= 0.3 is 0 Å². The lowest BCUT2D eigenvalue weighted by molar-refractivity contribution is 0.184. The maximum Gasteiger partial charge on any atom is 0.0353 e. The fourth-order valence-electron chi connectivity index (χ4n) is 4.98. The molecule has 0 heterocycles. The summed E-state index contributed by atoms with van der Waals surface area (Å²) in [6, 6.07) is 22.2. The standard InChI is InChI=1S/C25H30/c1-18-17-19(2)23(20(18)3)25(24(4,5)6,21-13-9-7-10-14-21)22-15-11-8-12-16-22/h7-17,23H,1-6H3. The van der Waals surface area contributed by atoms with Crippen molar-refractivity contribution in [1.29, 1.82) is 0 Å². The molecule has 1 atom stereocenters. The van der Waals surface area contributed by atoms with E-state index in [0.29, 0.717) is 5.92 Å². The number of rotatable bonds is 3. The van der Waals surface area contributed by atoms with Crippen LogP contribution in [0.25, 0.3) is 0 Å². The van der Waals surface area contributed by atoms with Crippen LogP contribution in [0.1, 0.15) is 52.7 Å². The smallest absolute Gasteiger partial charge is 0.0353 e. The Morgan fingerprint density at radius 2 is 1.12 bits per heavy atom. The summed E-state index contributed by atoms with van der Waals surface area (Å²) in [5, 5.41) is 0. The SMILES string of the molecule is CC1=CC(C)=C(C)C1C(c1ccccc1)(c1ccccc1)C(C)(C)C. The zero-order valence-corrected chi connectivity index (χ0v) is 16.4. The molecule has 0 N–H and O–H groups in total. The predicted molar refractivity (Wildman–Crippen MR) is 109 cm³/mol. The molecule has 0 amide bonds. The highest BCUT2D eigenvalue weighted by Gasteiger charge is 2.52. The highest BCUT2D eigenvalue weighted by molar-refractivity contribution is 5.53. The molecule has 0 saturated heterocycles. The minimum absolute atomic E-state index is 0.0569. The highest BCUT2D eigenvalue weighted by atomic mass is 14.5. The van der Waals surface area contributed by atoms with Crippen LogP contribution in [0, 0.1) is 11.3 Å². The number of benzene rings is 2. The molecule has 130 valence electrons. The van der Waals surface area contributed by atoms with Gasteiger partial charge in [0.2, 0.25) is 0 Å². The molecule has 2 aromatic rings. The van der Waals surface area contributed by atoms with Gasteiger partial charge in [-0.15, -0.1) is 0 Å². The summed E-state index contributed by atoms with van der Waals surface area (Å²) in [7, 11) is 0. The summed E-state index contributed by atoms with van der Waals surface area (Å²) in [6.45, 7) is 14.0. The molecule has 0 spiro atoms. The fraction of sp³-hybridized carbons (Fsp3) is 0.360. The summed E-state index contributed by atoms with van der Waals surface area (Å²) in [5.74, 6) is 0.386. The van der Waals surface area contributed by atoms with E-state index in [0.717, 1.165) is 0 Å². The molecule has 0 nitrogen and oxygen atoms in total. The molecule has 0 aromatic heterocycles. The number of hydrogen-bond donors (Lipinski definition) is 0. The van der Waals surface area contributed by atoms with Crippen molar-refractivity contribution < 1.29 is 0 Å². The molecule has 0 radical (unpaired) electrons. The molecular weight excluding hydrogens is 300 g/mol. The molecule has 0 saturated carbocycles. The second-order valence-electron chi connectivity index (χ2n) is 8.48. The van der Waals surface area contributed by atoms with E-state index < -0.39 is 0 Å². The quantitative estimate of drug-likeness (QED) is 0.572. The van der Waals surface area contributed by atoms with E-state index in [2.05, 4.69) is 108 Å². The lowest BCUT2D eigenvalue weighted by atomic mass is 9.51.